The van der Waals surface area contributed by atoms with Crippen LogP contribution in [0.25, 0.3) is 0 Å². The number of likely N-dealkylation sites (tertiary alicyclic amines) is 1. The van der Waals surface area contributed by atoms with Crippen LogP contribution in [0, 0.1) is 13.8 Å². The molecule has 0 aliphatic carbocycles. The van der Waals surface area contributed by atoms with Gasteiger partial charge in [-0.15, -0.1) is 11.3 Å². The van der Waals surface area contributed by atoms with E-state index in [0.29, 0.717) is 6.04 Å². The van der Waals surface area contributed by atoms with E-state index in [-0.39, 0.29) is 0 Å². The van der Waals surface area contributed by atoms with E-state index in [1.54, 1.807) is 0 Å². The summed E-state index contributed by atoms with van der Waals surface area (Å²) in [6.45, 7) is 5.27. The van der Waals surface area contributed by atoms with Gasteiger partial charge in [0.05, 0.1) is 6.04 Å². The molecule has 21 heavy (non-hydrogen) atoms. The second kappa shape index (κ2) is 6.16. The van der Waals surface area contributed by atoms with Gasteiger partial charge in [0.15, 0.2) is 5.11 Å². The van der Waals surface area contributed by atoms with Crippen LogP contribution in [0.3, 0.4) is 0 Å². The van der Waals surface area contributed by atoms with E-state index >= 15 is 0 Å². The summed E-state index contributed by atoms with van der Waals surface area (Å²) in [7, 11) is 0. The Morgan fingerprint density at radius 3 is 2.95 bits per heavy atom. The Labute approximate surface area is 135 Å². The average molecular weight is 316 g/mol. The van der Waals surface area contributed by atoms with Crippen molar-refractivity contribution in [3.63, 3.8) is 0 Å². The first-order valence-corrected chi connectivity index (χ1v) is 8.62. The van der Waals surface area contributed by atoms with Crippen LogP contribution in [-0.4, -0.2) is 16.6 Å². The second-order valence-corrected chi connectivity index (χ2v) is 6.98. The molecule has 0 spiro atoms. The summed E-state index contributed by atoms with van der Waals surface area (Å²) in [4.78, 5) is 3.75. The molecule has 4 heteroatoms. The van der Waals surface area contributed by atoms with Crippen LogP contribution < -0.4 is 5.32 Å². The highest BCUT2D eigenvalue weighted by atomic mass is 32.1. The molecule has 0 radical (unpaired) electrons. The molecular weight excluding hydrogens is 296 g/mol. The fourth-order valence-electron chi connectivity index (χ4n) is 2.84. The molecule has 1 fully saturated rings. The van der Waals surface area contributed by atoms with E-state index in [2.05, 4.69) is 59.8 Å². The maximum absolute atomic E-state index is 5.67. The minimum atomic E-state index is 0.440. The topological polar surface area (TPSA) is 15.3 Å². The lowest BCUT2D eigenvalue weighted by molar-refractivity contribution is 0.412. The van der Waals surface area contributed by atoms with Crippen LogP contribution in [0.4, 0.5) is 5.69 Å². The Bertz CT molecular complexity index is 634. The van der Waals surface area contributed by atoms with Gasteiger partial charge in [0.25, 0.3) is 0 Å². The lowest BCUT2D eigenvalue weighted by Gasteiger charge is -2.27. The Kier molecular flexibility index (Phi) is 4.27. The predicted octanol–water partition coefficient (Wildman–Crippen LogP) is 4.90. The number of thiocarbonyl (C=S) groups is 1. The number of hydrogen-bond acceptors (Lipinski definition) is 2. The number of hydrogen-bond donors (Lipinski definition) is 1. The summed E-state index contributed by atoms with van der Waals surface area (Å²) in [5, 5.41) is 6.44. The molecule has 1 aromatic carbocycles. The van der Waals surface area contributed by atoms with E-state index in [0.717, 1.165) is 17.3 Å². The van der Waals surface area contributed by atoms with Crippen molar-refractivity contribution in [3.05, 3.63) is 51.7 Å². The van der Waals surface area contributed by atoms with Crippen LogP contribution >= 0.6 is 23.6 Å². The van der Waals surface area contributed by atoms with E-state index in [1.165, 1.54) is 28.8 Å². The molecule has 0 saturated carbocycles. The Morgan fingerprint density at radius 2 is 2.19 bits per heavy atom. The number of aryl methyl sites for hydroxylation is 2. The molecule has 1 N–H and O–H groups in total. The van der Waals surface area contributed by atoms with E-state index < -0.39 is 0 Å². The normalized spacial score (nSPS) is 18.0. The number of nitrogens with one attached hydrogen (secondary N) is 1. The summed E-state index contributed by atoms with van der Waals surface area (Å²) in [6, 6.07) is 11.2. The largest absolute Gasteiger partial charge is 0.341 e. The van der Waals surface area contributed by atoms with Crippen molar-refractivity contribution in [3.8, 4) is 0 Å². The first kappa shape index (κ1) is 14.5. The zero-order valence-electron chi connectivity index (χ0n) is 12.4. The first-order valence-electron chi connectivity index (χ1n) is 7.33. The summed E-state index contributed by atoms with van der Waals surface area (Å²) >= 11 is 7.49. The summed E-state index contributed by atoms with van der Waals surface area (Å²) in [5.74, 6) is 0. The van der Waals surface area contributed by atoms with Crippen LogP contribution in [0.15, 0.2) is 35.7 Å². The fraction of sp³-hybridized carbons (Fsp3) is 0.353. The molecule has 0 bridgehead atoms. The third-order valence-electron chi connectivity index (χ3n) is 4.02. The number of benzene rings is 1. The van der Waals surface area contributed by atoms with Gasteiger partial charge >= 0.3 is 0 Å². The van der Waals surface area contributed by atoms with Gasteiger partial charge in [-0.3, -0.25) is 0 Å². The predicted molar refractivity (Wildman–Crippen MR) is 95.1 cm³/mol. The van der Waals surface area contributed by atoms with Crippen molar-refractivity contribution >= 4 is 34.4 Å². The molecule has 1 aliphatic heterocycles. The van der Waals surface area contributed by atoms with Gasteiger partial charge in [-0.05, 0) is 67.5 Å². The molecule has 2 heterocycles. The number of nitrogens with zero attached hydrogens (tertiary/aromatic N) is 1. The Hall–Kier alpha value is -1.39. The van der Waals surface area contributed by atoms with Crippen LogP contribution in [0.5, 0.6) is 0 Å². The molecule has 1 aromatic heterocycles. The van der Waals surface area contributed by atoms with Crippen molar-refractivity contribution < 1.29 is 0 Å². The smallest absolute Gasteiger partial charge is 0.173 e. The summed E-state index contributed by atoms with van der Waals surface area (Å²) in [5.41, 5.74) is 3.61. The highest BCUT2D eigenvalue weighted by Crippen LogP contribution is 2.35. The number of rotatable bonds is 2. The van der Waals surface area contributed by atoms with Crippen LogP contribution in [0.1, 0.15) is 34.9 Å². The maximum Gasteiger partial charge on any atom is 0.173 e. The zero-order chi connectivity index (χ0) is 14.8. The lowest BCUT2D eigenvalue weighted by atomic mass is 10.1. The van der Waals surface area contributed by atoms with Gasteiger partial charge in [-0.1, -0.05) is 18.2 Å². The summed E-state index contributed by atoms with van der Waals surface area (Å²) in [6.07, 6.45) is 2.40. The average Bonchev–Trinajstić information content (AvgIpc) is 3.12. The van der Waals surface area contributed by atoms with Crippen LogP contribution in [-0.2, 0) is 0 Å². The minimum Gasteiger partial charge on any atom is -0.341 e. The SMILES string of the molecule is Cc1ccc(C)c(NC(=S)N2CCC[C@H]2c2cccs2)c1. The lowest BCUT2D eigenvalue weighted by Crippen LogP contribution is -2.34. The molecule has 0 unspecified atom stereocenters. The van der Waals surface area contributed by atoms with Crippen molar-refractivity contribution in [2.45, 2.75) is 32.7 Å². The fourth-order valence-corrected chi connectivity index (χ4v) is 4.05. The van der Waals surface area contributed by atoms with Gasteiger partial charge in [0.2, 0.25) is 0 Å². The third kappa shape index (κ3) is 3.11. The second-order valence-electron chi connectivity index (χ2n) is 5.62. The minimum absolute atomic E-state index is 0.440. The van der Waals surface area contributed by atoms with Gasteiger partial charge in [0, 0.05) is 17.1 Å². The van der Waals surface area contributed by atoms with E-state index in [4.69, 9.17) is 12.2 Å². The quantitative estimate of drug-likeness (QED) is 0.793. The Balaban J connectivity index is 1.77. The molecule has 1 saturated heterocycles. The standard InChI is InChI=1S/C17H20N2S2/c1-12-7-8-13(2)14(11-12)18-17(20)19-9-3-5-15(19)16-6-4-10-21-16/h4,6-8,10-11,15H,3,5,9H2,1-2H3,(H,18,20)/t15-/m0/s1. The molecule has 2 nitrogen and oxygen atoms in total. The Morgan fingerprint density at radius 1 is 1.33 bits per heavy atom. The van der Waals surface area contributed by atoms with Crippen molar-refractivity contribution in [1.29, 1.82) is 0 Å². The highest BCUT2D eigenvalue weighted by Gasteiger charge is 2.28. The molecule has 1 atom stereocenters. The molecule has 1 aliphatic rings. The third-order valence-corrected chi connectivity index (χ3v) is 5.33. The number of anilines is 1. The van der Waals surface area contributed by atoms with Gasteiger partial charge < -0.3 is 10.2 Å². The zero-order valence-corrected chi connectivity index (χ0v) is 14.1. The van der Waals surface area contributed by atoms with Gasteiger partial charge in [-0.25, -0.2) is 0 Å². The molecule has 0 amide bonds. The van der Waals surface area contributed by atoms with Crippen molar-refractivity contribution in [2.24, 2.45) is 0 Å². The monoisotopic (exact) mass is 316 g/mol. The maximum atomic E-state index is 5.67. The van der Waals surface area contributed by atoms with Crippen molar-refractivity contribution in [2.75, 3.05) is 11.9 Å². The van der Waals surface area contributed by atoms with Gasteiger partial charge in [0.1, 0.15) is 0 Å². The van der Waals surface area contributed by atoms with Gasteiger partial charge in [-0.2, -0.15) is 0 Å². The van der Waals surface area contributed by atoms with Crippen LogP contribution in [0.2, 0.25) is 0 Å². The molecular formula is C17H20N2S2. The highest BCUT2D eigenvalue weighted by molar-refractivity contribution is 7.80. The number of thiophene rings is 1. The van der Waals surface area contributed by atoms with E-state index in [1.807, 2.05) is 11.3 Å². The van der Waals surface area contributed by atoms with E-state index in [9.17, 15) is 0 Å². The summed E-state index contributed by atoms with van der Waals surface area (Å²) < 4.78 is 0. The molecule has 3 rings (SSSR count). The molecule has 110 valence electrons. The first-order chi connectivity index (χ1) is 10.1. The van der Waals surface area contributed by atoms with Crippen molar-refractivity contribution in [1.82, 2.24) is 4.90 Å². The molecule has 2 aromatic rings.